The first-order valence-electron chi connectivity index (χ1n) is 7.80. The predicted molar refractivity (Wildman–Crippen MR) is 88.7 cm³/mol. The van der Waals surface area contributed by atoms with E-state index in [9.17, 15) is 13.2 Å². The van der Waals surface area contributed by atoms with Gasteiger partial charge in [-0.25, -0.2) is 8.42 Å². The van der Waals surface area contributed by atoms with Crippen LogP contribution in [0.2, 0.25) is 0 Å². The lowest BCUT2D eigenvalue weighted by molar-refractivity contribution is -0.143. The van der Waals surface area contributed by atoms with Crippen LogP contribution in [0.4, 0.5) is 0 Å². The predicted octanol–water partition coefficient (Wildman–Crippen LogP) is 2.68. The van der Waals surface area contributed by atoms with E-state index in [4.69, 9.17) is 5.11 Å². The molecule has 1 aliphatic rings. The number of nitrogens with zero attached hydrogens (tertiary/aromatic N) is 1. The molecule has 6 heteroatoms. The minimum atomic E-state index is -3.59. The van der Waals surface area contributed by atoms with Gasteiger partial charge in [0.15, 0.2) is 0 Å². The number of allylic oxidation sites excluding steroid dienone is 1. The second kappa shape index (κ2) is 7.27. The summed E-state index contributed by atoms with van der Waals surface area (Å²) in [7, 11) is -3.59. The quantitative estimate of drug-likeness (QED) is 0.810. The van der Waals surface area contributed by atoms with Crippen LogP contribution in [-0.4, -0.2) is 36.4 Å². The number of hydrogen-bond donors (Lipinski definition) is 1. The van der Waals surface area contributed by atoms with Crippen molar-refractivity contribution in [3.8, 4) is 0 Å². The minimum absolute atomic E-state index is 0.247. The number of sulfonamides is 1. The van der Waals surface area contributed by atoms with Crippen molar-refractivity contribution in [3.63, 3.8) is 0 Å². The fourth-order valence-corrected chi connectivity index (χ4v) is 4.72. The Morgan fingerprint density at radius 2 is 2.22 bits per heavy atom. The number of rotatable bonds is 6. The Bertz CT molecular complexity index is 684. The molecule has 126 valence electrons. The lowest BCUT2D eigenvalue weighted by Crippen LogP contribution is -2.45. The van der Waals surface area contributed by atoms with Crippen molar-refractivity contribution in [2.24, 2.45) is 5.92 Å². The van der Waals surface area contributed by atoms with Crippen molar-refractivity contribution in [2.75, 3.05) is 6.54 Å². The van der Waals surface area contributed by atoms with Gasteiger partial charge in [0.1, 0.15) is 0 Å². The second-order valence-electron chi connectivity index (χ2n) is 6.00. The van der Waals surface area contributed by atoms with E-state index in [-0.39, 0.29) is 17.5 Å². The molecule has 23 heavy (non-hydrogen) atoms. The monoisotopic (exact) mass is 337 g/mol. The van der Waals surface area contributed by atoms with Gasteiger partial charge >= 0.3 is 5.97 Å². The van der Waals surface area contributed by atoms with E-state index in [1.807, 2.05) is 6.07 Å². The van der Waals surface area contributed by atoms with Gasteiger partial charge in [-0.1, -0.05) is 18.2 Å². The Morgan fingerprint density at radius 1 is 1.48 bits per heavy atom. The molecule has 1 fully saturated rings. The Labute approximate surface area is 137 Å². The number of carbonyl (C=O) groups is 1. The van der Waals surface area contributed by atoms with Crippen LogP contribution in [0, 0.1) is 5.92 Å². The van der Waals surface area contributed by atoms with Crippen LogP contribution in [0.5, 0.6) is 0 Å². The Morgan fingerprint density at radius 3 is 2.83 bits per heavy atom. The number of hydrogen-bond acceptors (Lipinski definition) is 3. The first-order chi connectivity index (χ1) is 10.9. The van der Waals surface area contributed by atoms with Crippen LogP contribution in [0.15, 0.2) is 41.8 Å². The maximum absolute atomic E-state index is 12.9. The normalized spacial score (nSPS) is 22.7. The van der Waals surface area contributed by atoms with Gasteiger partial charge in [-0.15, -0.1) is 6.58 Å². The van der Waals surface area contributed by atoms with Crippen molar-refractivity contribution in [1.29, 1.82) is 0 Å². The van der Waals surface area contributed by atoms with Gasteiger partial charge in [0.05, 0.1) is 10.8 Å². The molecule has 0 amide bonds. The zero-order valence-corrected chi connectivity index (χ0v) is 14.1. The van der Waals surface area contributed by atoms with E-state index < -0.39 is 21.9 Å². The van der Waals surface area contributed by atoms with E-state index in [1.165, 1.54) is 4.31 Å². The number of carboxylic acids is 1. The standard InChI is InChI=1S/C17H23NO4S/c1-3-4-6-14-7-5-8-16(12-14)23(21,22)18-10-9-15(17(19)20)11-13(18)2/h3,5,7-8,12-13,15H,1,4,6,9-11H2,2H3,(H,19,20)/t13-,15-/m1/s1. The molecule has 0 radical (unpaired) electrons. The Hall–Kier alpha value is -1.66. The average Bonchev–Trinajstić information content (AvgIpc) is 2.52. The number of piperidine rings is 1. The maximum Gasteiger partial charge on any atom is 0.306 e. The van der Waals surface area contributed by atoms with Gasteiger partial charge in [-0.3, -0.25) is 4.79 Å². The molecule has 0 aromatic heterocycles. The van der Waals surface area contributed by atoms with Crippen LogP contribution in [-0.2, 0) is 21.2 Å². The van der Waals surface area contributed by atoms with Crippen LogP contribution >= 0.6 is 0 Å². The molecule has 2 atom stereocenters. The maximum atomic E-state index is 12.9. The fourth-order valence-electron chi connectivity index (χ4n) is 3.00. The molecule has 0 bridgehead atoms. The largest absolute Gasteiger partial charge is 0.481 e. The Kier molecular flexibility index (Phi) is 5.59. The molecule has 0 aliphatic carbocycles. The second-order valence-corrected chi connectivity index (χ2v) is 7.89. The molecule has 1 saturated heterocycles. The van der Waals surface area contributed by atoms with Crippen molar-refractivity contribution in [1.82, 2.24) is 4.31 Å². The SMILES string of the molecule is C=CCCc1cccc(S(=O)(=O)N2CC[C@@H](C(=O)O)C[C@H]2C)c1. The molecule has 1 aliphatic heterocycles. The molecule has 1 aromatic rings. The topological polar surface area (TPSA) is 74.7 Å². The average molecular weight is 337 g/mol. The first kappa shape index (κ1) is 17.7. The summed E-state index contributed by atoms with van der Waals surface area (Å²) in [5, 5.41) is 9.10. The van der Waals surface area contributed by atoms with Crippen molar-refractivity contribution < 1.29 is 18.3 Å². The highest BCUT2D eigenvalue weighted by Gasteiger charge is 2.36. The molecule has 0 spiro atoms. The third-order valence-electron chi connectivity index (χ3n) is 4.31. The van der Waals surface area contributed by atoms with E-state index in [0.717, 1.165) is 18.4 Å². The molecular formula is C17H23NO4S. The van der Waals surface area contributed by atoms with E-state index in [0.29, 0.717) is 12.8 Å². The first-order valence-corrected chi connectivity index (χ1v) is 9.24. The van der Waals surface area contributed by atoms with Crippen LogP contribution in [0.25, 0.3) is 0 Å². The number of carboxylic acid groups (broad SMARTS) is 1. The van der Waals surface area contributed by atoms with Gasteiger partial charge in [-0.05, 0) is 50.3 Å². The summed E-state index contributed by atoms with van der Waals surface area (Å²) >= 11 is 0. The summed E-state index contributed by atoms with van der Waals surface area (Å²) in [4.78, 5) is 11.4. The highest BCUT2D eigenvalue weighted by molar-refractivity contribution is 7.89. The molecule has 1 N–H and O–H groups in total. The summed E-state index contributed by atoms with van der Waals surface area (Å²) in [6.45, 7) is 5.70. The molecule has 0 unspecified atom stereocenters. The molecule has 5 nitrogen and oxygen atoms in total. The van der Waals surface area contributed by atoms with Gasteiger partial charge in [0.2, 0.25) is 10.0 Å². The third-order valence-corrected chi connectivity index (χ3v) is 6.32. The number of aliphatic carboxylic acids is 1. The summed E-state index contributed by atoms with van der Waals surface area (Å²) in [5.74, 6) is -1.31. The van der Waals surface area contributed by atoms with Gasteiger partial charge < -0.3 is 5.11 Å². The zero-order valence-electron chi connectivity index (χ0n) is 13.3. The van der Waals surface area contributed by atoms with Crippen LogP contribution in [0.3, 0.4) is 0 Å². The zero-order chi connectivity index (χ0) is 17.0. The highest BCUT2D eigenvalue weighted by atomic mass is 32.2. The van der Waals surface area contributed by atoms with E-state index >= 15 is 0 Å². The lowest BCUT2D eigenvalue weighted by atomic mass is 9.93. The summed E-state index contributed by atoms with van der Waals surface area (Å²) in [6, 6.07) is 6.65. The van der Waals surface area contributed by atoms with Gasteiger partial charge in [0, 0.05) is 12.6 Å². The van der Waals surface area contributed by atoms with Gasteiger partial charge in [-0.2, -0.15) is 4.31 Å². The van der Waals surface area contributed by atoms with Crippen LogP contribution < -0.4 is 0 Å². The third kappa shape index (κ3) is 4.00. The van der Waals surface area contributed by atoms with Crippen molar-refractivity contribution in [2.45, 2.75) is 43.5 Å². The summed E-state index contributed by atoms with van der Waals surface area (Å²) in [6.07, 6.45) is 4.06. The molecule has 2 rings (SSSR count). The summed E-state index contributed by atoms with van der Waals surface area (Å²) < 4.78 is 27.1. The van der Waals surface area contributed by atoms with E-state index in [1.54, 1.807) is 31.2 Å². The fraction of sp³-hybridized carbons (Fsp3) is 0.471. The highest BCUT2D eigenvalue weighted by Crippen LogP contribution is 2.29. The minimum Gasteiger partial charge on any atom is -0.481 e. The molecular weight excluding hydrogens is 314 g/mol. The molecule has 0 saturated carbocycles. The molecule has 1 heterocycles. The lowest BCUT2D eigenvalue weighted by Gasteiger charge is -2.35. The van der Waals surface area contributed by atoms with Crippen LogP contribution in [0.1, 0.15) is 31.7 Å². The van der Waals surface area contributed by atoms with Gasteiger partial charge in [0.25, 0.3) is 0 Å². The summed E-state index contributed by atoms with van der Waals surface area (Å²) in [5.41, 5.74) is 0.957. The number of aryl methyl sites for hydroxylation is 1. The van der Waals surface area contributed by atoms with Crippen molar-refractivity contribution in [3.05, 3.63) is 42.5 Å². The Balaban J connectivity index is 2.21. The van der Waals surface area contributed by atoms with Crippen molar-refractivity contribution >= 4 is 16.0 Å². The molecule has 1 aromatic carbocycles. The number of benzene rings is 1. The smallest absolute Gasteiger partial charge is 0.306 e. The van der Waals surface area contributed by atoms with E-state index in [2.05, 4.69) is 6.58 Å².